The molecular weight excluding hydrogens is 313 g/mol. The zero-order valence-electron chi connectivity index (χ0n) is 12.3. The highest BCUT2D eigenvalue weighted by Gasteiger charge is 2.39. The standard InChI is InChI=1S/C19H17Cl2N/c1-11-4-2-5-12(10-11)18-14-7-3-6-13(14)17-15(20)8-9-16(21)19(17)22-18/h2-6,8-10,13-14,18,22H,7H2,1H3. The van der Waals surface area contributed by atoms with Crippen LogP contribution in [0.4, 0.5) is 5.69 Å². The van der Waals surface area contributed by atoms with Crippen LogP contribution in [0.25, 0.3) is 0 Å². The molecule has 0 amide bonds. The zero-order chi connectivity index (χ0) is 15.3. The third-order valence-electron chi connectivity index (χ3n) is 4.82. The fourth-order valence-corrected chi connectivity index (χ4v) is 4.32. The average molecular weight is 330 g/mol. The van der Waals surface area contributed by atoms with Crippen LogP contribution in [-0.2, 0) is 0 Å². The number of aryl methyl sites for hydroxylation is 1. The van der Waals surface area contributed by atoms with Gasteiger partial charge in [0.2, 0.25) is 0 Å². The molecule has 112 valence electrons. The maximum atomic E-state index is 6.47. The summed E-state index contributed by atoms with van der Waals surface area (Å²) in [5.41, 5.74) is 4.75. The van der Waals surface area contributed by atoms with Crippen molar-refractivity contribution in [2.75, 3.05) is 5.32 Å². The monoisotopic (exact) mass is 329 g/mol. The predicted molar refractivity (Wildman–Crippen MR) is 94.0 cm³/mol. The summed E-state index contributed by atoms with van der Waals surface area (Å²) < 4.78 is 0. The highest BCUT2D eigenvalue weighted by molar-refractivity contribution is 6.36. The Morgan fingerprint density at radius 1 is 1.09 bits per heavy atom. The Morgan fingerprint density at radius 3 is 2.73 bits per heavy atom. The van der Waals surface area contributed by atoms with Crippen LogP contribution in [0, 0.1) is 12.8 Å². The van der Waals surface area contributed by atoms with Gasteiger partial charge in [-0.25, -0.2) is 0 Å². The Morgan fingerprint density at radius 2 is 1.91 bits per heavy atom. The molecule has 1 N–H and O–H groups in total. The molecule has 0 bridgehead atoms. The number of nitrogens with one attached hydrogen (secondary N) is 1. The number of anilines is 1. The molecule has 0 saturated carbocycles. The molecule has 1 heterocycles. The molecule has 2 aromatic carbocycles. The van der Waals surface area contributed by atoms with Crippen molar-refractivity contribution in [3.63, 3.8) is 0 Å². The lowest BCUT2D eigenvalue weighted by Gasteiger charge is -2.38. The van der Waals surface area contributed by atoms with Crippen LogP contribution >= 0.6 is 23.2 Å². The Bertz CT molecular complexity index is 766. The third kappa shape index (κ3) is 2.15. The van der Waals surface area contributed by atoms with Gasteiger partial charge < -0.3 is 5.32 Å². The molecule has 0 spiro atoms. The number of halogens is 2. The summed E-state index contributed by atoms with van der Waals surface area (Å²) in [5, 5.41) is 5.21. The summed E-state index contributed by atoms with van der Waals surface area (Å²) in [7, 11) is 0. The Kier molecular flexibility index (Phi) is 3.43. The number of rotatable bonds is 1. The second-order valence-corrected chi connectivity index (χ2v) is 7.02. The molecule has 2 aromatic rings. The second kappa shape index (κ2) is 5.33. The van der Waals surface area contributed by atoms with Crippen LogP contribution in [0.1, 0.15) is 35.1 Å². The topological polar surface area (TPSA) is 12.0 Å². The first-order valence-corrected chi connectivity index (χ1v) is 8.38. The highest BCUT2D eigenvalue weighted by atomic mass is 35.5. The van der Waals surface area contributed by atoms with E-state index in [9.17, 15) is 0 Å². The molecule has 2 aliphatic rings. The normalized spacial score (nSPS) is 25.5. The molecule has 3 atom stereocenters. The first-order chi connectivity index (χ1) is 10.6. The molecule has 0 fully saturated rings. The predicted octanol–water partition coefficient (Wildman–Crippen LogP) is 6.13. The van der Waals surface area contributed by atoms with E-state index in [0.29, 0.717) is 11.8 Å². The van der Waals surface area contributed by atoms with Gasteiger partial charge in [0, 0.05) is 16.5 Å². The van der Waals surface area contributed by atoms with Gasteiger partial charge >= 0.3 is 0 Å². The highest BCUT2D eigenvalue weighted by Crippen LogP contribution is 2.53. The average Bonchev–Trinajstić information content (AvgIpc) is 2.99. The largest absolute Gasteiger partial charge is 0.376 e. The van der Waals surface area contributed by atoms with Gasteiger partial charge in [-0.2, -0.15) is 0 Å². The Labute approximate surface area is 140 Å². The number of hydrogen-bond donors (Lipinski definition) is 1. The minimum absolute atomic E-state index is 0.267. The van der Waals surface area contributed by atoms with Crippen molar-refractivity contribution >= 4 is 28.9 Å². The van der Waals surface area contributed by atoms with E-state index in [1.807, 2.05) is 12.1 Å². The van der Waals surface area contributed by atoms with Crippen molar-refractivity contribution in [2.24, 2.45) is 5.92 Å². The van der Waals surface area contributed by atoms with Crippen LogP contribution in [0.15, 0.2) is 48.6 Å². The fourth-order valence-electron chi connectivity index (χ4n) is 3.82. The van der Waals surface area contributed by atoms with Gasteiger partial charge in [0.25, 0.3) is 0 Å². The molecule has 22 heavy (non-hydrogen) atoms. The third-order valence-corrected chi connectivity index (χ3v) is 5.46. The first-order valence-electron chi connectivity index (χ1n) is 7.63. The van der Waals surface area contributed by atoms with Gasteiger partial charge in [0.05, 0.1) is 16.8 Å². The Hall–Kier alpha value is -1.44. The van der Waals surface area contributed by atoms with E-state index in [4.69, 9.17) is 23.2 Å². The lowest BCUT2D eigenvalue weighted by molar-refractivity contribution is 0.425. The lowest BCUT2D eigenvalue weighted by atomic mass is 9.77. The van der Waals surface area contributed by atoms with Crippen LogP contribution in [-0.4, -0.2) is 0 Å². The summed E-state index contributed by atoms with van der Waals surface area (Å²) >= 11 is 12.9. The van der Waals surface area contributed by atoms with Crippen molar-refractivity contribution < 1.29 is 0 Å². The fraction of sp³-hybridized carbons (Fsp3) is 0.263. The lowest BCUT2D eigenvalue weighted by Crippen LogP contribution is -2.29. The zero-order valence-corrected chi connectivity index (χ0v) is 13.8. The van der Waals surface area contributed by atoms with Gasteiger partial charge in [-0.05, 0) is 37.0 Å². The number of fused-ring (bicyclic) bond motifs is 3. The van der Waals surface area contributed by atoms with E-state index in [1.165, 1.54) is 11.1 Å². The molecule has 0 radical (unpaired) electrons. The van der Waals surface area contributed by atoms with Crippen molar-refractivity contribution in [1.29, 1.82) is 0 Å². The SMILES string of the molecule is Cc1cccc(C2Nc3c(Cl)ccc(Cl)c3C3C=CCC32)c1. The molecule has 0 saturated heterocycles. The molecule has 4 rings (SSSR count). The molecule has 0 aromatic heterocycles. The summed E-state index contributed by atoms with van der Waals surface area (Å²) in [5.74, 6) is 0.832. The van der Waals surface area contributed by atoms with E-state index < -0.39 is 0 Å². The van der Waals surface area contributed by atoms with Crippen molar-refractivity contribution in [2.45, 2.75) is 25.3 Å². The number of hydrogen-bond acceptors (Lipinski definition) is 1. The first kappa shape index (κ1) is 14.2. The molecular formula is C19H17Cl2N. The molecule has 1 nitrogen and oxygen atoms in total. The maximum absolute atomic E-state index is 6.47. The quantitative estimate of drug-likeness (QED) is 0.620. The van der Waals surface area contributed by atoms with Crippen LogP contribution < -0.4 is 5.32 Å². The number of allylic oxidation sites excluding steroid dienone is 2. The molecule has 1 aliphatic heterocycles. The van der Waals surface area contributed by atoms with Crippen LogP contribution in [0.3, 0.4) is 0 Å². The van der Waals surface area contributed by atoms with E-state index in [1.54, 1.807) is 0 Å². The minimum Gasteiger partial charge on any atom is -0.376 e. The minimum atomic E-state index is 0.267. The molecule has 1 aliphatic carbocycles. The molecule has 3 heteroatoms. The van der Waals surface area contributed by atoms with E-state index in [0.717, 1.165) is 27.7 Å². The number of benzene rings is 2. The van der Waals surface area contributed by atoms with Crippen LogP contribution in [0.2, 0.25) is 10.0 Å². The molecule has 3 unspecified atom stereocenters. The van der Waals surface area contributed by atoms with Gasteiger partial charge in [0.1, 0.15) is 0 Å². The Balaban J connectivity index is 1.86. The van der Waals surface area contributed by atoms with E-state index >= 15 is 0 Å². The van der Waals surface area contributed by atoms with Gasteiger partial charge in [-0.15, -0.1) is 0 Å². The smallest absolute Gasteiger partial charge is 0.0641 e. The second-order valence-electron chi connectivity index (χ2n) is 6.21. The van der Waals surface area contributed by atoms with E-state index in [2.05, 4.69) is 48.7 Å². The van der Waals surface area contributed by atoms with Gasteiger partial charge in [-0.3, -0.25) is 0 Å². The van der Waals surface area contributed by atoms with Crippen molar-refractivity contribution in [3.8, 4) is 0 Å². The summed E-state index contributed by atoms with van der Waals surface area (Å²) in [6, 6.07) is 12.8. The maximum Gasteiger partial charge on any atom is 0.0641 e. The summed E-state index contributed by atoms with van der Waals surface area (Å²) in [6.45, 7) is 2.13. The van der Waals surface area contributed by atoms with Crippen molar-refractivity contribution in [3.05, 3.63) is 75.3 Å². The van der Waals surface area contributed by atoms with Crippen molar-refractivity contribution in [1.82, 2.24) is 0 Å². The summed E-state index contributed by atoms with van der Waals surface area (Å²) in [6.07, 6.45) is 5.63. The summed E-state index contributed by atoms with van der Waals surface area (Å²) in [4.78, 5) is 0. The van der Waals surface area contributed by atoms with Crippen LogP contribution in [0.5, 0.6) is 0 Å². The van der Waals surface area contributed by atoms with Gasteiger partial charge in [0.15, 0.2) is 0 Å². The van der Waals surface area contributed by atoms with Gasteiger partial charge in [-0.1, -0.05) is 65.2 Å². The van der Waals surface area contributed by atoms with E-state index in [-0.39, 0.29) is 6.04 Å².